The Morgan fingerprint density at radius 1 is 1.17 bits per heavy atom. The van der Waals surface area contributed by atoms with Crippen molar-refractivity contribution in [2.75, 3.05) is 12.3 Å². The Balaban J connectivity index is 1.84. The van der Waals surface area contributed by atoms with Crippen LogP contribution in [-0.2, 0) is 11.2 Å². The average molecular weight is 242 g/mol. The minimum Gasteiger partial charge on any atom is -0.461 e. The minimum atomic E-state index is -0.425. The van der Waals surface area contributed by atoms with Crippen LogP contribution in [0, 0.1) is 0 Å². The molecule has 0 radical (unpaired) electrons. The van der Waals surface area contributed by atoms with Gasteiger partial charge in [0.2, 0.25) is 0 Å². The van der Waals surface area contributed by atoms with Gasteiger partial charge in [0.15, 0.2) is 0 Å². The Morgan fingerprint density at radius 2 is 1.94 bits per heavy atom. The summed E-state index contributed by atoms with van der Waals surface area (Å²) >= 11 is 0. The molecule has 4 nitrogen and oxygen atoms in total. The normalized spacial score (nSPS) is 10.0. The van der Waals surface area contributed by atoms with Crippen LogP contribution in [-0.4, -0.2) is 17.6 Å². The van der Waals surface area contributed by atoms with E-state index in [2.05, 4.69) is 4.98 Å². The van der Waals surface area contributed by atoms with Crippen molar-refractivity contribution in [1.82, 2.24) is 4.98 Å². The molecule has 1 aromatic heterocycles. The molecule has 0 unspecified atom stereocenters. The van der Waals surface area contributed by atoms with Crippen molar-refractivity contribution in [3.05, 3.63) is 59.9 Å². The zero-order valence-corrected chi connectivity index (χ0v) is 9.87. The Morgan fingerprint density at radius 3 is 2.61 bits per heavy atom. The van der Waals surface area contributed by atoms with E-state index in [1.807, 2.05) is 30.3 Å². The summed E-state index contributed by atoms with van der Waals surface area (Å²) in [5.74, 6) is -0.425. The first-order valence-corrected chi connectivity index (χ1v) is 5.68. The van der Waals surface area contributed by atoms with E-state index >= 15 is 0 Å². The van der Waals surface area contributed by atoms with Gasteiger partial charge in [-0.05, 0) is 17.7 Å². The number of aromatic nitrogens is 1. The van der Waals surface area contributed by atoms with Gasteiger partial charge in [-0.1, -0.05) is 30.3 Å². The van der Waals surface area contributed by atoms with Crippen LogP contribution in [0.15, 0.2) is 48.7 Å². The van der Waals surface area contributed by atoms with Crippen molar-refractivity contribution < 1.29 is 9.53 Å². The first-order chi connectivity index (χ1) is 8.75. The average Bonchev–Trinajstić information content (AvgIpc) is 2.40. The largest absolute Gasteiger partial charge is 0.461 e. The van der Waals surface area contributed by atoms with Gasteiger partial charge in [-0.15, -0.1) is 0 Å². The summed E-state index contributed by atoms with van der Waals surface area (Å²) in [4.78, 5) is 15.5. The van der Waals surface area contributed by atoms with E-state index in [0.717, 1.165) is 5.56 Å². The molecule has 0 saturated carbocycles. The molecule has 0 saturated heterocycles. The smallest absolute Gasteiger partial charge is 0.356 e. The van der Waals surface area contributed by atoms with E-state index < -0.39 is 5.97 Å². The molecular formula is C14H14N2O2. The number of anilines is 1. The predicted octanol–water partition coefficient (Wildman–Crippen LogP) is 2.06. The molecule has 2 aromatic rings. The van der Waals surface area contributed by atoms with Crippen LogP contribution in [0.4, 0.5) is 5.69 Å². The molecule has 1 heterocycles. The fourth-order valence-electron chi connectivity index (χ4n) is 1.51. The summed E-state index contributed by atoms with van der Waals surface area (Å²) in [5.41, 5.74) is 7.42. The molecule has 0 bridgehead atoms. The van der Waals surface area contributed by atoms with E-state index in [1.54, 1.807) is 12.1 Å². The fourth-order valence-corrected chi connectivity index (χ4v) is 1.51. The zero-order valence-electron chi connectivity index (χ0n) is 9.87. The Hall–Kier alpha value is -2.36. The maximum absolute atomic E-state index is 11.6. The quantitative estimate of drug-likeness (QED) is 0.833. The molecule has 1 aromatic carbocycles. The van der Waals surface area contributed by atoms with Gasteiger partial charge in [-0.2, -0.15) is 0 Å². The molecule has 2 rings (SSSR count). The number of esters is 1. The Labute approximate surface area is 105 Å². The first-order valence-electron chi connectivity index (χ1n) is 5.68. The number of nitrogens with two attached hydrogens (primary N) is 1. The SMILES string of the molecule is Nc1ccc(C(=O)OCCc2ccccc2)nc1. The number of ether oxygens (including phenoxy) is 1. The highest BCUT2D eigenvalue weighted by molar-refractivity contribution is 5.87. The lowest BCUT2D eigenvalue weighted by atomic mass is 10.2. The molecule has 0 fully saturated rings. The number of benzene rings is 1. The highest BCUT2D eigenvalue weighted by atomic mass is 16.5. The molecule has 0 spiro atoms. The number of pyridine rings is 1. The van der Waals surface area contributed by atoms with E-state index in [-0.39, 0.29) is 5.69 Å². The van der Waals surface area contributed by atoms with Crippen molar-refractivity contribution in [1.29, 1.82) is 0 Å². The number of carbonyl (C=O) groups excluding carboxylic acids is 1. The summed E-state index contributed by atoms with van der Waals surface area (Å²) < 4.78 is 5.13. The summed E-state index contributed by atoms with van der Waals surface area (Å²) in [7, 11) is 0. The van der Waals surface area contributed by atoms with Crippen molar-refractivity contribution >= 4 is 11.7 Å². The van der Waals surface area contributed by atoms with Gasteiger partial charge in [0.1, 0.15) is 5.69 Å². The van der Waals surface area contributed by atoms with E-state index in [4.69, 9.17) is 10.5 Å². The van der Waals surface area contributed by atoms with Gasteiger partial charge in [0, 0.05) is 6.42 Å². The maximum atomic E-state index is 11.6. The number of nitrogens with zero attached hydrogens (tertiary/aromatic N) is 1. The second-order valence-corrected chi connectivity index (χ2v) is 3.85. The van der Waals surface area contributed by atoms with Crippen molar-refractivity contribution in [2.24, 2.45) is 0 Å². The monoisotopic (exact) mass is 242 g/mol. The standard InChI is InChI=1S/C14H14N2O2/c15-12-6-7-13(16-10-12)14(17)18-9-8-11-4-2-1-3-5-11/h1-7,10H,8-9,15H2. The van der Waals surface area contributed by atoms with Crippen molar-refractivity contribution in [2.45, 2.75) is 6.42 Å². The van der Waals surface area contributed by atoms with Gasteiger partial charge in [0.05, 0.1) is 18.5 Å². The molecule has 0 aliphatic rings. The Bertz CT molecular complexity index is 509. The maximum Gasteiger partial charge on any atom is 0.356 e. The highest BCUT2D eigenvalue weighted by Gasteiger charge is 2.07. The highest BCUT2D eigenvalue weighted by Crippen LogP contribution is 2.04. The molecule has 0 amide bonds. The summed E-state index contributed by atoms with van der Waals surface area (Å²) in [6.07, 6.45) is 2.13. The number of rotatable bonds is 4. The lowest BCUT2D eigenvalue weighted by Gasteiger charge is -2.04. The first kappa shape index (κ1) is 12.1. The van der Waals surface area contributed by atoms with Crippen LogP contribution < -0.4 is 5.73 Å². The van der Waals surface area contributed by atoms with E-state index in [0.29, 0.717) is 18.7 Å². The molecule has 0 aliphatic carbocycles. The van der Waals surface area contributed by atoms with Crippen LogP contribution in [0.5, 0.6) is 0 Å². The molecule has 4 heteroatoms. The molecule has 18 heavy (non-hydrogen) atoms. The van der Waals surface area contributed by atoms with Crippen molar-refractivity contribution in [3.8, 4) is 0 Å². The summed E-state index contributed by atoms with van der Waals surface area (Å²) in [6.45, 7) is 0.342. The number of carbonyl (C=O) groups is 1. The van der Waals surface area contributed by atoms with Gasteiger partial charge in [-0.25, -0.2) is 9.78 Å². The third-order valence-electron chi connectivity index (χ3n) is 2.46. The lowest BCUT2D eigenvalue weighted by Crippen LogP contribution is -2.10. The zero-order chi connectivity index (χ0) is 12.8. The van der Waals surface area contributed by atoms with E-state index in [9.17, 15) is 4.79 Å². The molecule has 0 atom stereocenters. The molecular weight excluding hydrogens is 228 g/mol. The second-order valence-electron chi connectivity index (χ2n) is 3.85. The second kappa shape index (κ2) is 5.82. The van der Waals surface area contributed by atoms with E-state index in [1.165, 1.54) is 6.20 Å². The van der Waals surface area contributed by atoms with Crippen LogP contribution >= 0.6 is 0 Å². The van der Waals surface area contributed by atoms with Crippen LogP contribution in [0.2, 0.25) is 0 Å². The predicted molar refractivity (Wildman–Crippen MR) is 69.1 cm³/mol. The van der Waals surface area contributed by atoms with Crippen LogP contribution in [0.1, 0.15) is 16.1 Å². The van der Waals surface area contributed by atoms with Gasteiger partial charge < -0.3 is 10.5 Å². The van der Waals surface area contributed by atoms with Gasteiger partial charge >= 0.3 is 5.97 Å². The Kier molecular flexibility index (Phi) is 3.91. The lowest BCUT2D eigenvalue weighted by molar-refractivity contribution is 0.0502. The van der Waals surface area contributed by atoms with Gasteiger partial charge in [0.25, 0.3) is 0 Å². The third kappa shape index (κ3) is 3.31. The topological polar surface area (TPSA) is 65.2 Å². The minimum absolute atomic E-state index is 0.275. The molecule has 92 valence electrons. The van der Waals surface area contributed by atoms with Gasteiger partial charge in [-0.3, -0.25) is 0 Å². The fraction of sp³-hybridized carbons (Fsp3) is 0.143. The number of hydrogen-bond acceptors (Lipinski definition) is 4. The van der Waals surface area contributed by atoms with Crippen LogP contribution in [0.3, 0.4) is 0 Å². The van der Waals surface area contributed by atoms with Crippen molar-refractivity contribution in [3.63, 3.8) is 0 Å². The third-order valence-corrected chi connectivity index (χ3v) is 2.46. The molecule has 2 N–H and O–H groups in total. The summed E-state index contributed by atoms with van der Waals surface area (Å²) in [6, 6.07) is 13.0. The van der Waals surface area contributed by atoms with Crippen LogP contribution in [0.25, 0.3) is 0 Å². The number of nitrogen functional groups attached to an aromatic ring is 1. The number of hydrogen-bond donors (Lipinski definition) is 1. The molecule has 0 aliphatic heterocycles. The summed E-state index contributed by atoms with van der Waals surface area (Å²) in [5, 5.41) is 0.